The molecule has 130 valence electrons. The summed E-state index contributed by atoms with van der Waals surface area (Å²) in [5.74, 6) is 0.458. The highest BCUT2D eigenvalue weighted by molar-refractivity contribution is 6.35. The Morgan fingerprint density at radius 2 is 1.00 bits per heavy atom. The van der Waals surface area contributed by atoms with Crippen molar-refractivity contribution >= 4 is 43.1 Å². The molecule has 0 spiro atoms. The molecule has 0 amide bonds. The molecule has 1 N–H and O–H groups in total. The molecular weight excluding hydrogens is 328 g/mol. The van der Waals surface area contributed by atoms with Gasteiger partial charge in [-0.15, -0.1) is 0 Å². The Hall–Kier alpha value is -2.80. The molecular formula is C26H20O. The fourth-order valence-electron chi connectivity index (χ4n) is 6.04. The first-order valence-electron chi connectivity index (χ1n) is 10.2. The van der Waals surface area contributed by atoms with E-state index in [-0.39, 0.29) is 0 Å². The van der Waals surface area contributed by atoms with Crippen LogP contribution in [0.3, 0.4) is 0 Å². The van der Waals surface area contributed by atoms with Gasteiger partial charge in [-0.2, -0.15) is 0 Å². The normalized spacial score (nSPS) is 16.1. The molecule has 0 aliphatic heterocycles. The first-order valence-corrected chi connectivity index (χ1v) is 10.2. The highest BCUT2D eigenvalue weighted by Gasteiger charge is 2.23. The summed E-state index contributed by atoms with van der Waals surface area (Å²) >= 11 is 0. The van der Waals surface area contributed by atoms with Crippen LogP contribution in [0, 0.1) is 0 Å². The zero-order valence-corrected chi connectivity index (χ0v) is 15.2. The molecule has 0 unspecified atom stereocenters. The molecule has 7 rings (SSSR count). The van der Waals surface area contributed by atoms with Crippen molar-refractivity contribution in [2.75, 3.05) is 0 Å². The van der Waals surface area contributed by atoms with Crippen LogP contribution in [0.2, 0.25) is 0 Å². The van der Waals surface area contributed by atoms with Gasteiger partial charge < -0.3 is 5.11 Å². The average molecular weight is 348 g/mol. The molecule has 0 aromatic heterocycles. The van der Waals surface area contributed by atoms with Gasteiger partial charge in [0.2, 0.25) is 0 Å². The van der Waals surface area contributed by atoms with Gasteiger partial charge in [-0.05, 0) is 99.2 Å². The fraction of sp³-hybridized carbons (Fsp3) is 0.231. The number of hydrogen-bond donors (Lipinski definition) is 1. The van der Waals surface area contributed by atoms with E-state index in [1.807, 2.05) is 6.07 Å². The van der Waals surface area contributed by atoms with Crippen molar-refractivity contribution in [2.45, 2.75) is 38.5 Å². The monoisotopic (exact) mass is 348 g/mol. The van der Waals surface area contributed by atoms with E-state index in [0.29, 0.717) is 5.75 Å². The van der Waals surface area contributed by atoms with Crippen LogP contribution < -0.4 is 0 Å². The molecule has 27 heavy (non-hydrogen) atoms. The van der Waals surface area contributed by atoms with E-state index in [1.54, 1.807) is 0 Å². The van der Waals surface area contributed by atoms with Crippen LogP contribution in [-0.2, 0) is 25.7 Å². The second kappa shape index (κ2) is 4.72. The second-order valence-corrected chi connectivity index (χ2v) is 8.45. The maximum atomic E-state index is 11.1. The molecule has 1 heteroatoms. The highest BCUT2D eigenvalue weighted by Crippen LogP contribution is 2.48. The fourth-order valence-corrected chi connectivity index (χ4v) is 6.04. The third kappa shape index (κ3) is 1.62. The summed E-state index contributed by atoms with van der Waals surface area (Å²) in [5.41, 5.74) is 5.73. The van der Waals surface area contributed by atoms with Crippen molar-refractivity contribution in [3.63, 3.8) is 0 Å². The lowest BCUT2D eigenvalue weighted by Gasteiger charge is -2.25. The number of fused-ring (bicyclic) bond motifs is 2. The highest BCUT2D eigenvalue weighted by atomic mass is 16.3. The quantitative estimate of drug-likeness (QED) is 0.253. The maximum Gasteiger partial charge on any atom is 0.124 e. The summed E-state index contributed by atoms with van der Waals surface area (Å²) in [7, 11) is 0. The minimum absolute atomic E-state index is 0.458. The summed E-state index contributed by atoms with van der Waals surface area (Å²) in [6, 6.07) is 16.0. The first-order chi connectivity index (χ1) is 13.3. The summed E-state index contributed by atoms with van der Waals surface area (Å²) in [6.07, 6.45) is 6.97. The van der Waals surface area contributed by atoms with Crippen LogP contribution in [0.15, 0.2) is 42.5 Å². The lowest BCUT2D eigenvalue weighted by molar-refractivity contribution is 0.481. The van der Waals surface area contributed by atoms with Crippen LogP contribution >= 0.6 is 0 Å². The standard InChI is InChI=1S/C26H20O/c27-21-13-17-6-2-5-16-8-11-19-18-10-7-14-3-1-4-15-9-12-20(24(18)22(14)15)25(21)26(19)23(16)17/h7-13,27H,1-6H2. The van der Waals surface area contributed by atoms with Gasteiger partial charge in [0.1, 0.15) is 5.75 Å². The number of aryl methyl sites for hydroxylation is 4. The molecule has 5 aromatic rings. The van der Waals surface area contributed by atoms with Gasteiger partial charge in [0.25, 0.3) is 0 Å². The van der Waals surface area contributed by atoms with Crippen molar-refractivity contribution in [3.8, 4) is 5.75 Å². The second-order valence-electron chi connectivity index (χ2n) is 8.45. The molecule has 0 radical (unpaired) electrons. The molecule has 0 saturated heterocycles. The third-order valence-electron chi connectivity index (χ3n) is 7.11. The lowest BCUT2D eigenvalue weighted by Crippen LogP contribution is -2.04. The number of aromatic hydroxyl groups is 1. The van der Waals surface area contributed by atoms with Crippen LogP contribution in [0.25, 0.3) is 43.1 Å². The molecule has 5 aromatic carbocycles. The number of rotatable bonds is 0. The Morgan fingerprint density at radius 3 is 1.67 bits per heavy atom. The van der Waals surface area contributed by atoms with E-state index in [1.165, 1.54) is 85.6 Å². The number of benzene rings is 5. The van der Waals surface area contributed by atoms with E-state index >= 15 is 0 Å². The summed E-state index contributed by atoms with van der Waals surface area (Å²) in [4.78, 5) is 0. The van der Waals surface area contributed by atoms with Gasteiger partial charge in [-0.1, -0.05) is 36.4 Å². The summed E-state index contributed by atoms with van der Waals surface area (Å²) < 4.78 is 0. The van der Waals surface area contributed by atoms with Crippen LogP contribution in [0.4, 0.5) is 0 Å². The first kappa shape index (κ1) is 14.3. The average Bonchev–Trinajstić information content (AvgIpc) is 2.71. The number of hydrogen-bond acceptors (Lipinski definition) is 1. The van der Waals surface area contributed by atoms with Crippen molar-refractivity contribution in [1.82, 2.24) is 0 Å². The molecule has 1 nitrogen and oxygen atoms in total. The lowest BCUT2D eigenvalue weighted by atomic mass is 9.79. The van der Waals surface area contributed by atoms with Crippen molar-refractivity contribution in [1.29, 1.82) is 0 Å². The van der Waals surface area contributed by atoms with E-state index in [0.717, 1.165) is 18.2 Å². The van der Waals surface area contributed by atoms with Gasteiger partial charge in [-0.3, -0.25) is 0 Å². The van der Waals surface area contributed by atoms with Crippen LogP contribution in [0.1, 0.15) is 35.1 Å². The molecule has 0 bridgehead atoms. The largest absolute Gasteiger partial charge is 0.507 e. The Labute approximate surface area is 157 Å². The Morgan fingerprint density at radius 1 is 0.481 bits per heavy atom. The van der Waals surface area contributed by atoms with Crippen molar-refractivity contribution in [2.24, 2.45) is 0 Å². The van der Waals surface area contributed by atoms with Gasteiger partial charge >= 0.3 is 0 Å². The maximum absolute atomic E-state index is 11.1. The topological polar surface area (TPSA) is 20.2 Å². The van der Waals surface area contributed by atoms with Crippen molar-refractivity contribution < 1.29 is 5.11 Å². The summed E-state index contributed by atoms with van der Waals surface area (Å²) in [5, 5.41) is 21.6. The predicted molar refractivity (Wildman–Crippen MR) is 113 cm³/mol. The van der Waals surface area contributed by atoms with E-state index in [2.05, 4.69) is 36.4 Å². The van der Waals surface area contributed by atoms with Gasteiger partial charge in [-0.25, -0.2) is 0 Å². The van der Waals surface area contributed by atoms with Gasteiger partial charge in [0, 0.05) is 10.8 Å². The molecule has 0 saturated carbocycles. The zero-order valence-electron chi connectivity index (χ0n) is 15.2. The van der Waals surface area contributed by atoms with E-state index in [9.17, 15) is 5.11 Å². The molecule has 2 aliphatic rings. The molecule has 2 aliphatic carbocycles. The minimum Gasteiger partial charge on any atom is -0.507 e. The number of phenols is 1. The molecule has 0 heterocycles. The smallest absolute Gasteiger partial charge is 0.124 e. The zero-order chi connectivity index (χ0) is 17.7. The van der Waals surface area contributed by atoms with Gasteiger partial charge in [0.15, 0.2) is 0 Å². The SMILES string of the molecule is Oc1cc2c3c(ccc4c5ccc6c7c(ccc(c1c34)c75)CCC6)CCC2. The summed E-state index contributed by atoms with van der Waals surface area (Å²) in [6.45, 7) is 0. The Balaban J connectivity index is 1.86. The minimum atomic E-state index is 0.458. The Bertz CT molecular complexity index is 1410. The van der Waals surface area contributed by atoms with Crippen LogP contribution in [0.5, 0.6) is 5.75 Å². The van der Waals surface area contributed by atoms with Gasteiger partial charge in [0.05, 0.1) is 0 Å². The third-order valence-corrected chi connectivity index (χ3v) is 7.11. The van der Waals surface area contributed by atoms with E-state index in [4.69, 9.17) is 0 Å². The Kier molecular flexibility index (Phi) is 2.50. The molecule has 0 fully saturated rings. The van der Waals surface area contributed by atoms with Crippen molar-refractivity contribution in [3.05, 3.63) is 64.7 Å². The van der Waals surface area contributed by atoms with Crippen LogP contribution in [-0.4, -0.2) is 5.11 Å². The molecule has 0 atom stereocenters. The predicted octanol–water partition coefficient (Wildman–Crippen LogP) is 6.42. The number of phenolic OH excluding ortho intramolecular Hbond substituents is 1. The van der Waals surface area contributed by atoms with E-state index < -0.39 is 0 Å².